The van der Waals surface area contributed by atoms with Gasteiger partial charge in [0, 0.05) is 18.1 Å². The maximum Gasteiger partial charge on any atom is 0.197 e. The van der Waals surface area contributed by atoms with Crippen LogP contribution in [0.15, 0.2) is 16.2 Å². The molecule has 0 unspecified atom stereocenters. The second-order valence-corrected chi connectivity index (χ2v) is 5.13. The van der Waals surface area contributed by atoms with Gasteiger partial charge in [-0.2, -0.15) is 0 Å². The molecular formula is C11H13ClN6S. The summed E-state index contributed by atoms with van der Waals surface area (Å²) in [6, 6.07) is 1.50. The summed E-state index contributed by atoms with van der Waals surface area (Å²) in [5.74, 6) is 1.32. The van der Waals surface area contributed by atoms with Gasteiger partial charge in [0.25, 0.3) is 0 Å². The average Bonchev–Trinajstić information content (AvgIpc) is 2.33. The Morgan fingerprint density at radius 1 is 1.16 bits per heavy atom. The normalized spacial score (nSPS) is 10.7. The number of anilines is 2. The van der Waals surface area contributed by atoms with Gasteiger partial charge in [-0.15, -0.1) is 0 Å². The summed E-state index contributed by atoms with van der Waals surface area (Å²) in [4.78, 5) is 16.8. The van der Waals surface area contributed by atoms with E-state index in [0.717, 1.165) is 5.56 Å². The van der Waals surface area contributed by atoms with Crippen LogP contribution in [0, 0.1) is 6.92 Å². The Hall–Kier alpha value is -1.60. The van der Waals surface area contributed by atoms with Crippen molar-refractivity contribution in [2.75, 3.05) is 11.5 Å². The van der Waals surface area contributed by atoms with Crippen molar-refractivity contribution in [2.45, 2.75) is 30.5 Å². The van der Waals surface area contributed by atoms with Gasteiger partial charge in [-0.25, -0.2) is 19.9 Å². The van der Waals surface area contributed by atoms with Crippen molar-refractivity contribution < 1.29 is 0 Å². The Bertz CT molecular complexity index is 598. The second-order valence-electron chi connectivity index (χ2n) is 3.82. The van der Waals surface area contributed by atoms with Crippen molar-refractivity contribution in [2.24, 2.45) is 0 Å². The van der Waals surface area contributed by atoms with Crippen molar-refractivity contribution in [1.82, 2.24) is 19.9 Å². The highest BCUT2D eigenvalue weighted by molar-refractivity contribution is 7.99. The minimum absolute atomic E-state index is 0.323. The summed E-state index contributed by atoms with van der Waals surface area (Å²) in [6.45, 7) is 3.81. The van der Waals surface area contributed by atoms with Crippen LogP contribution in [0.25, 0.3) is 0 Å². The van der Waals surface area contributed by atoms with E-state index >= 15 is 0 Å². The van der Waals surface area contributed by atoms with Gasteiger partial charge in [-0.1, -0.05) is 18.5 Å². The van der Waals surface area contributed by atoms with E-state index in [4.69, 9.17) is 23.1 Å². The zero-order valence-corrected chi connectivity index (χ0v) is 12.1. The quantitative estimate of drug-likeness (QED) is 0.660. The molecule has 0 bridgehead atoms. The zero-order chi connectivity index (χ0) is 14.0. The molecule has 0 saturated heterocycles. The van der Waals surface area contributed by atoms with Crippen molar-refractivity contribution in [1.29, 1.82) is 0 Å². The molecule has 100 valence electrons. The number of hydrogen-bond donors (Lipinski definition) is 2. The number of hydrogen-bond acceptors (Lipinski definition) is 7. The standard InChI is InChI=1S/C11H13ClN6S/c1-3-8-17-9(12)5(2)10(18-8)19-11-15-6(13)4-7(14)16-11/h4H,3H2,1-2H3,(H4,13,14,15,16). The SMILES string of the molecule is CCc1nc(Cl)c(C)c(Sc2nc(N)cc(N)n2)n1. The molecule has 0 aliphatic rings. The Kier molecular flexibility index (Phi) is 4.06. The molecule has 2 rings (SSSR count). The third-order valence-corrected chi connectivity index (χ3v) is 3.66. The molecule has 19 heavy (non-hydrogen) atoms. The first kappa shape index (κ1) is 13.8. The van der Waals surface area contributed by atoms with Gasteiger partial charge in [0.1, 0.15) is 27.6 Å². The fourth-order valence-electron chi connectivity index (χ4n) is 1.36. The highest BCUT2D eigenvalue weighted by atomic mass is 35.5. The Morgan fingerprint density at radius 2 is 1.79 bits per heavy atom. The predicted octanol–water partition coefficient (Wildman–Crippen LogP) is 2.11. The molecule has 0 aromatic carbocycles. The molecule has 0 atom stereocenters. The van der Waals surface area contributed by atoms with E-state index in [1.54, 1.807) is 0 Å². The van der Waals surface area contributed by atoms with Crippen LogP contribution in [0.2, 0.25) is 5.15 Å². The lowest BCUT2D eigenvalue weighted by Crippen LogP contribution is -2.01. The van der Waals surface area contributed by atoms with Crippen molar-refractivity contribution >= 4 is 35.0 Å². The first-order valence-corrected chi connectivity index (χ1v) is 6.80. The van der Waals surface area contributed by atoms with Crippen LogP contribution >= 0.6 is 23.4 Å². The number of aromatic nitrogens is 4. The molecule has 6 nitrogen and oxygen atoms in total. The van der Waals surface area contributed by atoms with Gasteiger partial charge >= 0.3 is 0 Å². The number of halogens is 1. The first-order chi connectivity index (χ1) is 8.99. The lowest BCUT2D eigenvalue weighted by molar-refractivity contribution is 0.867. The van der Waals surface area contributed by atoms with Gasteiger partial charge in [0.05, 0.1) is 0 Å². The fourth-order valence-corrected chi connectivity index (χ4v) is 2.48. The minimum atomic E-state index is 0.323. The number of nitrogens with two attached hydrogens (primary N) is 2. The van der Waals surface area contributed by atoms with Gasteiger partial charge in [0.2, 0.25) is 0 Å². The van der Waals surface area contributed by atoms with Crippen molar-refractivity contribution in [3.8, 4) is 0 Å². The Morgan fingerprint density at radius 3 is 2.37 bits per heavy atom. The maximum absolute atomic E-state index is 6.07. The van der Waals surface area contributed by atoms with E-state index in [0.29, 0.717) is 39.2 Å². The molecule has 2 aromatic heterocycles. The lowest BCUT2D eigenvalue weighted by Gasteiger charge is -2.07. The summed E-state index contributed by atoms with van der Waals surface area (Å²) < 4.78 is 0. The van der Waals surface area contributed by atoms with Crippen LogP contribution in [0.4, 0.5) is 11.6 Å². The first-order valence-electron chi connectivity index (χ1n) is 5.60. The summed E-state index contributed by atoms with van der Waals surface area (Å²) in [5, 5.41) is 1.59. The molecule has 0 aliphatic carbocycles. The van der Waals surface area contributed by atoms with Crippen LogP contribution in [-0.2, 0) is 6.42 Å². The zero-order valence-electron chi connectivity index (χ0n) is 10.5. The molecule has 0 radical (unpaired) electrons. The highest BCUT2D eigenvalue weighted by Crippen LogP contribution is 2.29. The number of aryl methyl sites for hydroxylation is 1. The molecule has 0 amide bonds. The number of nitrogens with zero attached hydrogens (tertiary/aromatic N) is 4. The van der Waals surface area contributed by atoms with E-state index in [1.165, 1.54) is 17.8 Å². The molecule has 2 aromatic rings. The summed E-state index contributed by atoms with van der Waals surface area (Å²) in [5.41, 5.74) is 12.1. The number of rotatable bonds is 3. The number of nitrogen functional groups attached to an aromatic ring is 2. The minimum Gasteiger partial charge on any atom is -0.383 e. The molecule has 0 aliphatic heterocycles. The summed E-state index contributed by atoms with van der Waals surface area (Å²) in [7, 11) is 0. The monoisotopic (exact) mass is 296 g/mol. The Labute approximate surface area is 120 Å². The smallest absolute Gasteiger partial charge is 0.197 e. The van der Waals surface area contributed by atoms with Crippen LogP contribution in [0.3, 0.4) is 0 Å². The molecule has 0 spiro atoms. The Balaban J connectivity index is 2.39. The average molecular weight is 297 g/mol. The van der Waals surface area contributed by atoms with Crippen LogP contribution < -0.4 is 11.5 Å². The second kappa shape index (κ2) is 5.58. The summed E-state index contributed by atoms with van der Waals surface area (Å²) >= 11 is 7.34. The van der Waals surface area contributed by atoms with Crippen LogP contribution in [0.5, 0.6) is 0 Å². The molecule has 0 fully saturated rings. The topological polar surface area (TPSA) is 104 Å². The van der Waals surface area contributed by atoms with Gasteiger partial charge in [-0.3, -0.25) is 0 Å². The highest BCUT2D eigenvalue weighted by Gasteiger charge is 2.12. The van der Waals surface area contributed by atoms with E-state index in [1.807, 2.05) is 13.8 Å². The lowest BCUT2D eigenvalue weighted by atomic mass is 10.3. The third kappa shape index (κ3) is 3.24. The van der Waals surface area contributed by atoms with Crippen LogP contribution in [-0.4, -0.2) is 19.9 Å². The van der Waals surface area contributed by atoms with E-state index < -0.39 is 0 Å². The molecule has 0 saturated carbocycles. The maximum atomic E-state index is 6.07. The van der Waals surface area contributed by atoms with Gasteiger partial charge < -0.3 is 11.5 Å². The van der Waals surface area contributed by atoms with E-state index in [-0.39, 0.29) is 0 Å². The molecule has 4 N–H and O–H groups in total. The molecule has 8 heteroatoms. The van der Waals surface area contributed by atoms with Crippen LogP contribution in [0.1, 0.15) is 18.3 Å². The molecule has 2 heterocycles. The fraction of sp³-hybridized carbons (Fsp3) is 0.273. The van der Waals surface area contributed by atoms with Crippen molar-refractivity contribution in [3.63, 3.8) is 0 Å². The van der Waals surface area contributed by atoms with E-state index in [2.05, 4.69) is 19.9 Å². The van der Waals surface area contributed by atoms with E-state index in [9.17, 15) is 0 Å². The molecular weight excluding hydrogens is 284 g/mol. The van der Waals surface area contributed by atoms with Gasteiger partial charge in [-0.05, 0) is 18.7 Å². The van der Waals surface area contributed by atoms with Gasteiger partial charge in [0.15, 0.2) is 5.16 Å². The van der Waals surface area contributed by atoms with Crippen molar-refractivity contribution in [3.05, 3.63) is 22.6 Å². The third-order valence-electron chi connectivity index (χ3n) is 2.34. The largest absolute Gasteiger partial charge is 0.383 e. The summed E-state index contributed by atoms with van der Waals surface area (Å²) in [6.07, 6.45) is 0.702. The predicted molar refractivity (Wildman–Crippen MR) is 76.1 cm³/mol.